The minimum absolute atomic E-state index is 0.0358. The Hall–Kier alpha value is -2.57. The maximum Gasteiger partial charge on any atom is 0.326 e. The second kappa shape index (κ2) is 8.02. The Kier molecular flexibility index (Phi) is 6.37. The van der Waals surface area contributed by atoms with Gasteiger partial charge in [0.15, 0.2) is 0 Å². The van der Waals surface area contributed by atoms with Crippen LogP contribution in [0.15, 0.2) is 24.3 Å². The minimum atomic E-state index is -1.06. The van der Waals surface area contributed by atoms with Crippen molar-refractivity contribution < 1.29 is 24.2 Å². The number of primary amides is 1. The third-order valence-corrected chi connectivity index (χ3v) is 2.99. The fraction of sp³-hybridized carbons (Fsp3) is 0.400. The van der Waals surface area contributed by atoms with Crippen LogP contribution in [-0.2, 0) is 9.59 Å². The molecule has 0 aliphatic heterocycles. The van der Waals surface area contributed by atoms with Gasteiger partial charge in [-0.2, -0.15) is 0 Å². The molecule has 22 heavy (non-hydrogen) atoms. The minimum Gasteiger partial charge on any atom is -0.493 e. The van der Waals surface area contributed by atoms with Crippen LogP contribution in [0.5, 0.6) is 5.75 Å². The number of nitrogens with one attached hydrogen (secondary N) is 1. The maximum atomic E-state index is 11.7. The quantitative estimate of drug-likeness (QED) is 0.655. The first kappa shape index (κ1) is 17.5. The molecule has 2 amide bonds. The number of hydrogen-bond acceptors (Lipinski definition) is 4. The van der Waals surface area contributed by atoms with E-state index in [9.17, 15) is 14.4 Å². The molecule has 0 saturated carbocycles. The number of carbonyl (C=O) groups is 3. The molecular weight excluding hydrogens is 288 g/mol. The van der Waals surface area contributed by atoms with E-state index in [-0.39, 0.29) is 18.9 Å². The first-order chi connectivity index (χ1) is 10.3. The zero-order chi connectivity index (χ0) is 16.7. The summed E-state index contributed by atoms with van der Waals surface area (Å²) in [6, 6.07) is 5.29. The van der Waals surface area contributed by atoms with Gasteiger partial charge >= 0.3 is 5.97 Å². The smallest absolute Gasteiger partial charge is 0.326 e. The van der Waals surface area contributed by atoms with Crippen LogP contribution < -0.4 is 15.8 Å². The molecule has 1 aromatic carbocycles. The van der Waals surface area contributed by atoms with E-state index in [1.807, 2.05) is 0 Å². The fourth-order valence-electron chi connectivity index (χ4n) is 1.74. The van der Waals surface area contributed by atoms with Crippen LogP contribution >= 0.6 is 0 Å². The number of benzene rings is 1. The summed E-state index contributed by atoms with van der Waals surface area (Å²) in [6.45, 7) is 3.54. The molecule has 0 aliphatic carbocycles. The number of ether oxygens (including phenoxy) is 1. The highest BCUT2D eigenvalue weighted by Crippen LogP contribution is 2.12. The lowest BCUT2D eigenvalue weighted by atomic mass is 10.0. The van der Waals surface area contributed by atoms with Gasteiger partial charge in [-0.15, -0.1) is 0 Å². The Labute approximate surface area is 128 Å². The molecule has 0 bridgehead atoms. The Morgan fingerprint density at radius 1 is 1.23 bits per heavy atom. The summed E-state index contributed by atoms with van der Waals surface area (Å²) >= 11 is 0. The van der Waals surface area contributed by atoms with Crippen molar-refractivity contribution in [3.63, 3.8) is 0 Å². The Bertz CT molecular complexity index is 539. The van der Waals surface area contributed by atoms with E-state index >= 15 is 0 Å². The predicted octanol–water partition coefficient (Wildman–Crippen LogP) is 0.780. The maximum absolute atomic E-state index is 11.7. The highest BCUT2D eigenvalue weighted by atomic mass is 16.5. The van der Waals surface area contributed by atoms with E-state index < -0.39 is 23.8 Å². The van der Waals surface area contributed by atoms with Crippen LogP contribution in [0.1, 0.15) is 30.6 Å². The molecule has 7 heteroatoms. The van der Waals surface area contributed by atoms with E-state index in [0.29, 0.717) is 11.3 Å². The second-order valence-corrected chi connectivity index (χ2v) is 5.11. The summed E-state index contributed by atoms with van der Waals surface area (Å²) in [5, 5.41) is 11.4. The monoisotopic (exact) mass is 308 g/mol. The van der Waals surface area contributed by atoms with Gasteiger partial charge in [-0.1, -0.05) is 13.8 Å². The van der Waals surface area contributed by atoms with Crippen LogP contribution in [0, 0.1) is 5.92 Å². The van der Waals surface area contributed by atoms with Crippen LogP contribution in [0.3, 0.4) is 0 Å². The van der Waals surface area contributed by atoms with Gasteiger partial charge < -0.3 is 20.9 Å². The number of carboxylic acid groups (broad SMARTS) is 1. The summed E-state index contributed by atoms with van der Waals surface area (Å²) < 4.78 is 5.35. The summed E-state index contributed by atoms with van der Waals surface area (Å²) in [4.78, 5) is 33.6. The van der Waals surface area contributed by atoms with Crippen molar-refractivity contribution in [2.75, 3.05) is 6.61 Å². The molecule has 0 aliphatic rings. The molecule has 0 fully saturated rings. The third-order valence-electron chi connectivity index (χ3n) is 2.99. The molecule has 7 nitrogen and oxygen atoms in total. The van der Waals surface area contributed by atoms with E-state index in [1.165, 1.54) is 12.1 Å². The van der Waals surface area contributed by atoms with Gasteiger partial charge in [0.25, 0.3) is 0 Å². The van der Waals surface area contributed by atoms with E-state index in [4.69, 9.17) is 15.6 Å². The molecule has 120 valence electrons. The first-order valence-corrected chi connectivity index (χ1v) is 6.86. The van der Waals surface area contributed by atoms with Gasteiger partial charge in [-0.25, -0.2) is 4.79 Å². The molecule has 1 aromatic rings. The van der Waals surface area contributed by atoms with Crippen molar-refractivity contribution in [1.29, 1.82) is 0 Å². The number of rotatable bonds is 8. The van der Waals surface area contributed by atoms with Gasteiger partial charge in [-0.3, -0.25) is 9.59 Å². The lowest BCUT2D eigenvalue weighted by Gasteiger charge is -2.17. The van der Waals surface area contributed by atoms with Crippen LogP contribution in [0.2, 0.25) is 0 Å². The number of aliphatic carboxylic acids is 1. The van der Waals surface area contributed by atoms with E-state index in [1.54, 1.807) is 26.0 Å². The first-order valence-electron chi connectivity index (χ1n) is 6.86. The molecule has 1 rings (SSSR count). The Morgan fingerprint density at radius 3 is 2.27 bits per heavy atom. The van der Waals surface area contributed by atoms with E-state index in [2.05, 4.69) is 5.32 Å². The largest absolute Gasteiger partial charge is 0.493 e. The lowest BCUT2D eigenvalue weighted by molar-refractivity contribution is -0.143. The molecular formula is C15H20N2O5. The summed E-state index contributed by atoms with van der Waals surface area (Å²) in [7, 11) is 0. The molecule has 0 spiro atoms. The third kappa shape index (κ3) is 5.43. The van der Waals surface area contributed by atoms with Crippen LogP contribution in [0.25, 0.3) is 0 Å². The summed E-state index contributed by atoms with van der Waals surface area (Å²) in [5.41, 5.74) is 5.49. The van der Waals surface area contributed by atoms with Gasteiger partial charge in [0.2, 0.25) is 11.8 Å². The number of carboxylic acids is 1. The van der Waals surface area contributed by atoms with E-state index in [0.717, 1.165) is 0 Å². The van der Waals surface area contributed by atoms with Crippen molar-refractivity contribution in [2.24, 2.45) is 11.7 Å². The number of amides is 2. The zero-order valence-electron chi connectivity index (χ0n) is 12.5. The molecule has 4 N–H and O–H groups in total. The lowest BCUT2D eigenvalue weighted by Crippen LogP contribution is -2.44. The average molecular weight is 308 g/mol. The highest BCUT2D eigenvalue weighted by molar-refractivity contribution is 5.92. The van der Waals surface area contributed by atoms with Crippen LogP contribution in [-0.4, -0.2) is 35.5 Å². The number of hydrogen-bond donors (Lipinski definition) is 3. The zero-order valence-corrected chi connectivity index (χ0v) is 12.5. The molecule has 0 radical (unpaired) electrons. The van der Waals surface area contributed by atoms with Crippen LogP contribution in [0.4, 0.5) is 0 Å². The average Bonchev–Trinajstić information content (AvgIpc) is 2.44. The highest BCUT2D eigenvalue weighted by Gasteiger charge is 2.23. The topological polar surface area (TPSA) is 119 Å². The molecule has 1 atom stereocenters. The van der Waals surface area contributed by atoms with Crippen molar-refractivity contribution in [2.45, 2.75) is 26.3 Å². The van der Waals surface area contributed by atoms with Crippen molar-refractivity contribution in [3.8, 4) is 5.75 Å². The van der Waals surface area contributed by atoms with Gasteiger partial charge in [0.05, 0.1) is 13.0 Å². The number of nitrogens with two attached hydrogens (primary N) is 1. The molecule has 0 heterocycles. The number of carbonyl (C=O) groups excluding carboxylic acids is 2. The van der Waals surface area contributed by atoms with Gasteiger partial charge in [0, 0.05) is 5.56 Å². The molecule has 0 unspecified atom stereocenters. The van der Waals surface area contributed by atoms with Crippen molar-refractivity contribution in [3.05, 3.63) is 29.8 Å². The predicted molar refractivity (Wildman–Crippen MR) is 79.5 cm³/mol. The second-order valence-electron chi connectivity index (χ2n) is 5.11. The standard InChI is InChI=1S/C15H20N2O5/c1-9(2)13(15(20)21)17-12(18)7-8-22-11-5-3-10(4-6-11)14(16)19/h3-6,9,13H,7-8H2,1-2H3,(H2,16,19)(H,17,18)(H,20,21)/t13-/m1/s1. The fourth-order valence-corrected chi connectivity index (χ4v) is 1.74. The normalized spacial score (nSPS) is 11.8. The Balaban J connectivity index is 2.41. The van der Waals surface area contributed by atoms with Crippen molar-refractivity contribution in [1.82, 2.24) is 5.32 Å². The SMILES string of the molecule is CC(C)[C@@H](NC(=O)CCOc1ccc(C(N)=O)cc1)C(=O)O. The summed E-state index contributed by atoms with van der Waals surface area (Å²) in [6.07, 6.45) is 0.0358. The molecule has 0 aromatic heterocycles. The van der Waals surface area contributed by atoms with Crippen molar-refractivity contribution >= 4 is 17.8 Å². The Morgan fingerprint density at radius 2 is 1.82 bits per heavy atom. The molecule has 0 saturated heterocycles. The summed E-state index contributed by atoms with van der Waals surface area (Å²) in [5.74, 6) is -1.69. The van der Waals surface area contributed by atoms with Gasteiger partial charge in [-0.05, 0) is 30.2 Å². The van der Waals surface area contributed by atoms with Gasteiger partial charge in [0.1, 0.15) is 11.8 Å².